The number of nitrogens with two attached hydrogens (primary N) is 1. The lowest BCUT2D eigenvalue weighted by Crippen LogP contribution is -2.18. The molecule has 1 unspecified atom stereocenters. The summed E-state index contributed by atoms with van der Waals surface area (Å²) in [5.74, 6) is 0.741. The number of likely N-dealkylation sites (tertiary alicyclic amines) is 1. The number of nitrogens with zero attached hydrogens (tertiary/aromatic N) is 1. The molecule has 0 radical (unpaired) electrons. The zero-order chi connectivity index (χ0) is 12.4. The summed E-state index contributed by atoms with van der Waals surface area (Å²) in [4.78, 5) is 14.3. The van der Waals surface area contributed by atoms with E-state index in [-0.39, 0.29) is 5.78 Å². The third kappa shape index (κ3) is 2.98. The van der Waals surface area contributed by atoms with Crippen LogP contribution in [0.3, 0.4) is 0 Å². The molecular weight excluding hydrogens is 234 g/mol. The van der Waals surface area contributed by atoms with Crippen LogP contribution in [0.25, 0.3) is 0 Å². The molecule has 0 amide bonds. The van der Waals surface area contributed by atoms with Crippen molar-refractivity contribution in [3.63, 3.8) is 0 Å². The largest absolute Gasteiger partial charge is 0.397 e. The summed E-state index contributed by atoms with van der Waals surface area (Å²) in [6.45, 7) is 4.84. The number of hydrogen-bond donors (Lipinski definition) is 2. The van der Waals surface area contributed by atoms with Crippen molar-refractivity contribution in [3.05, 3.63) is 10.9 Å². The molecule has 94 valence electrons. The molecule has 0 bridgehead atoms. The van der Waals surface area contributed by atoms with E-state index >= 15 is 0 Å². The topological polar surface area (TPSA) is 58.4 Å². The van der Waals surface area contributed by atoms with Gasteiger partial charge in [0.15, 0.2) is 5.78 Å². The van der Waals surface area contributed by atoms with E-state index in [2.05, 4.69) is 17.3 Å². The molecule has 1 saturated heterocycles. The molecule has 1 aliphatic rings. The van der Waals surface area contributed by atoms with Gasteiger partial charge in [-0.05, 0) is 32.0 Å². The molecular formula is C12H19N3OS. The van der Waals surface area contributed by atoms with Gasteiger partial charge >= 0.3 is 0 Å². The highest BCUT2D eigenvalue weighted by atomic mass is 32.1. The number of hydrogen-bond acceptors (Lipinski definition) is 5. The smallest absolute Gasteiger partial charge is 0.171 e. The fraction of sp³-hybridized carbons (Fsp3) is 0.583. The van der Waals surface area contributed by atoms with Crippen LogP contribution >= 0.6 is 11.3 Å². The highest BCUT2D eigenvalue weighted by Crippen LogP contribution is 2.30. The number of rotatable bonds is 4. The molecule has 0 aromatic carbocycles. The van der Waals surface area contributed by atoms with Crippen molar-refractivity contribution in [2.45, 2.75) is 13.3 Å². The quantitative estimate of drug-likeness (QED) is 0.805. The molecule has 5 heteroatoms. The first-order chi connectivity index (χ1) is 8.06. The Morgan fingerprint density at radius 2 is 2.47 bits per heavy atom. The van der Waals surface area contributed by atoms with E-state index < -0.39 is 0 Å². The van der Waals surface area contributed by atoms with E-state index in [1.165, 1.54) is 24.3 Å². The first kappa shape index (κ1) is 12.4. The van der Waals surface area contributed by atoms with Crippen molar-refractivity contribution in [1.29, 1.82) is 0 Å². The Morgan fingerprint density at radius 3 is 3.00 bits per heavy atom. The van der Waals surface area contributed by atoms with Gasteiger partial charge in [0.1, 0.15) is 0 Å². The molecule has 3 N–H and O–H groups in total. The zero-order valence-corrected chi connectivity index (χ0v) is 11.1. The van der Waals surface area contributed by atoms with Gasteiger partial charge in [-0.15, -0.1) is 11.3 Å². The van der Waals surface area contributed by atoms with Crippen LogP contribution in [0.5, 0.6) is 0 Å². The normalized spacial score (nSPS) is 20.7. The summed E-state index contributed by atoms with van der Waals surface area (Å²) in [6.07, 6.45) is 1.24. The standard InChI is InChI=1S/C12H19N3OS/c1-8(16)12-10(13)5-11(17-12)14-6-9-3-4-15(2)7-9/h5,9,14H,3-4,6-7,13H2,1-2H3. The molecule has 2 heterocycles. The number of nitrogen functional groups attached to an aromatic ring is 1. The second-order valence-electron chi connectivity index (χ2n) is 4.75. The minimum atomic E-state index is 0.0427. The Balaban J connectivity index is 1.91. The van der Waals surface area contributed by atoms with Gasteiger partial charge in [0.2, 0.25) is 0 Å². The number of Topliss-reactive ketones (excluding diaryl/α,β-unsaturated/α-hetero) is 1. The molecule has 1 aromatic heterocycles. The molecule has 2 rings (SSSR count). The summed E-state index contributed by atoms with van der Waals surface area (Å²) >= 11 is 1.45. The average Bonchev–Trinajstić information content (AvgIpc) is 2.82. The molecule has 17 heavy (non-hydrogen) atoms. The van der Waals surface area contributed by atoms with Crippen molar-refractivity contribution >= 4 is 27.8 Å². The van der Waals surface area contributed by atoms with Crippen LogP contribution in [-0.4, -0.2) is 37.4 Å². The van der Waals surface area contributed by atoms with Gasteiger partial charge < -0.3 is 16.0 Å². The van der Waals surface area contributed by atoms with Crippen LogP contribution in [-0.2, 0) is 0 Å². The van der Waals surface area contributed by atoms with Crippen LogP contribution in [0.1, 0.15) is 23.0 Å². The number of anilines is 2. The van der Waals surface area contributed by atoms with Gasteiger partial charge in [-0.2, -0.15) is 0 Å². The lowest BCUT2D eigenvalue weighted by atomic mass is 10.1. The van der Waals surface area contributed by atoms with Crippen LogP contribution in [0.2, 0.25) is 0 Å². The number of ketones is 1. The maximum absolute atomic E-state index is 11.3. The van der Waals surface area contributed by atoms with Gasteiger partial charge in [0.05, 0.1) is 15.6 Å². The first-order valence-corrected chi connectivity index (χ1v) is 6.70. The van der Waals surface area contributed by atoms with E-state index in [4.69, 9.17) is 5.73 Å². The Kier molecular flexibility index (Phi) is 3.69. The maximum atomic E-state index is 11.3. The summed E-state index contributed by atoms with van der Waals surface area (Å²) in [5.41, 5.74) is 6.38. The molecule has 1 fully saturated rings. The van der Waals surface area contributed by atoms with Crippen molar-refractivity contribution in [1.82, 2.24) is 4.90 Å². The van der Waals surface area contributed by atoms with Crippen molar-refractivity contribution < 1.29 is 4.79 Å². The fourth-order valence-electron chi connectivity index (χ4n) is 2.21. The van der Waals surface area contributed by atoms with Gasteiger partial charge in [0.25, 0.3) is 0 Å². The molecule has 4 nitrogen and oxygen atoms in total. The predicted octanol–water partition coefficient (Wildman–Crippen LogP) is 1.90. The SMILES string of the molecule is CC(=O)c1sc(NCC2CCN(C)C2)cc1N. The van der Waals surface area contributed by atoms with Crippen molar-refractivity contribution in [3.8, 4) is 0 Å². The third-order valence-corrected chi connectivity index (χ3v) is 4.34. The Bertz CT molecular complexity index is 416. The monoisotopic (exact) mass is 253 g/mol. The van der Waals surface area contributed by atoms with Crippen LogP contribution in [0.15, 0.2) is 6.07 Å². The number of carbonyl (C=O) groups excluding carboxylic acids is 1. The molecule has 0 spiro atoms. The highest BCUT2D eigenvalue weighted by molar-refractivity contribution is 7.18. The van der Waals surface area contributed by atoms with E-state index in [1.807, 2.05) is 6.07 Å². The summed E-state index contributed by atoms with van der Waals surface area (Å²) in [7, 11) is 2.15. The van der Waals surface area contributed by atoms with Gasteiger partial charge in [-0.25, -0.2) is 0 Å². The second kappa shape index (κ2) is 5.06. The van der Waals surface area contributed by atoms with E-state index in [9.17, 15) is 4.79 Å². The molecule has 1 aromatic rings. The number of nitrogens with one attached hydrogen (secondary N) is 1. The van der Waals surface area contributed by atoms with Gasteiger partial charge in [0, 0.05) is 20.0 Å². The number of thiophene rings is 1. The van der Waals surface area contributed by atoms with Crippen molar-refractivity contribution in [2.24, 2.45) is 5.92 Å². The van der Waals surface area contributed by atoms with E-state index in [1.54, 1.807) is 6.92 Å². The average molecular weight is 253 g/mol. The summed E-state index contributed by atoms with van der Waals surface area (Å²) < 4.78 is 0. The fourth-order valence-corrected chi connectivity index (χ4v) is 3.09. The first-order valence-electron chi connectivity index (χ1n) is 5.89. The summed E-state index contributed by atoms with van der Waals surface area (Å²) in [6, 6.07) is 1.86. The zero-order valence-electron chi connectivity index (χ0n) is 10.3. The van der Waals surface area contributed by atoms with Gasteiger partial charge in [-0.3, -0.25) is 4.79 Å². The lowest BCUT2D eigenvalue weighted by Gasteiger charge is -2.11. The third-order valence-electron chi connectivity index (χ3n) is 3.13. The van der Waals surface area contributed by atoms with Crippen LogP contribution < -0.4 is 11.1 Å². The number of carbonyl (C=O) groups is 1. The van der Waals surface area contributed by atoms with E-state index in [0.717, 1.165) is 18.1 Å². The molecule has 1 aliphatic heterocycles. The second-order valence-corrected chi connectivity index (χ2v) is 5.80. The molecule has 1 atom stereocenters. The molecule has 0 saturated carbocycles. The lowest BCUT2D eigenvalue weighted by molar-refractivity contribution is 0.102. The summed E-state index contributed by atoms with van der Waals surface area (Å²) in [5, 5.41) is 4.38. The van der Waals surface area contributed by atoms with Crippen LogP contribution in [0.4, 0.5) is 10.7 Å². The van der Waals surface area contributed by atoms with Gasteiger partial charge in [-0.1, -0.05) is 0 Å². The predicted molar refractivity (Wildman–Crippen MR) is 72.8 cm³/mol. The Morgan fingerprint density at radius 1 is 1.71 bits per heavy atom. The molecule has 0 aliphatic carbocycles. The van der Waals surface area contributed by atoms with Crippen LogP contribution in [0, 0.1) is 5.92 Å². The minimum absolute atomic E-state index is 0.0427. The Labute approximate surface area is 106 Å². The van der Waals surface area contributed by atoms with Crippen molar-refractivity contribution in [2.75, 3.05) is 37.7 Å². The minimum Gasteiger partial charge on any atom is -0.397 e. The maximum Gasteiger partial charge on any atom is 0.171 e. The van der Waals surface area contributed by atoms with E-state index in [0.29, 0.717) is 16.5 Å². The highest BCUT2D eigenvalue weighted by Gasteiger charge is 2.19. The Hall–Kier alpha value is -1.07.